The molecule has 3 aromatic rings. The average molecular weight is 331 g/mol. The summed E-state index contributed by atoms with van der Waals surface area (Å²) in [7, 11) is 1.86. The number of halogens is 1. The molecule has 2 N–H and O–H groups in total. The topological polar surface area (TPSA) is 56.7 Å². The van der Waals surface area contributed by atoms with E-state index in [-0.39, 0.29) is 6.04 Å². The van der Waals surface area contributed by atoms with Gasteiger partial charge in [-0.3, -0.25) is 0 Å². The van der Waals surface area contributed by atoms with Crippen LogP contribution in [0.5, 0.6) is 0 Å². The van der Waals surface area contributed by atoms with Crippen LogP contribution in [-0.2, 0) is 13.5 Å². The summed E-state index contributed by atoms with van der Waals surface area (Å²) in [6.45, 7) is 0. The number of nitrogens with two attached hydrogens (primary N) is 1. The normalized spacial score (nSPS) is 12.8. The van der Waals surface area contributed by atoms with Crippen LogP contribution in [0.3, 0.4) is 0 Å². The number of aryl methyl sites for hydroxylation is 1. The maximum atomic E-state index is 6.33. The van der Waals surface area contributed by atoms with Gasteiger partial charge in [0, 0.05) is 7.05 Å². The van der Waals surface area contributed by atoms with E-state index in [1.807, 2.05) is 13.1 Å². The fourth-order valence-electron chi connectivity index (χ4n) is 2.54. The van der Waals surface area contributed by atoms with Gasteiger partial charge in [0.15, 0.2) is 4.60 Å². The summed E-state index contributed by atoms with van der Waals surface area (Å²) in [5.74, 6) is 0. The van der Waals surface area contributed by atoms with E-state index >= 15 is 0 Å². The third-order valence-corrected chi connectivity index (χ3v) is 4.06. The highest BCUT2D eigenvalue weighted by Gasteiger charge is 2.17. The molecule has 0 aliphatic heterocycles. The lowest BCUT2D eigenvalue weighted by atomic mass is 9.98. The number of hydrogen-bond donors (Lipinski definition) is 1. The van der Waals surface area contributed by atoms with Crippen LogP contribution in [0.25, 0.3) is 10.8 Å². The fourth-order valence-corrected chi connectivity index (χ4v) is 3.16. The average Bonchev–Trinajstić information content (AvgIpc) is 2.78. The number of rotatable bonds is 3. The van der Waals surface area contributed by atoms with Gasteiger partial charge in [0.25, 0.3) is 0 Å². The lowest BCUT2D eigenvalue weighted by Gasteiger charge is -2.14. The predicted octanol–water partition coefficient (Wildman–Crippen LogP) is 2.97. The number of hydrogen-bond acceptors (Lipinski definition) is 3. The molecule has 3 rings (SSSR count). The second-order valence-electron chi connectivity index (χ2n) is 4.84. The Morgan fingerprint density at radius 3 is 2.70 bits per heavy atom. The van der Waals surface area contributed by atoms with E-state index in [0.717, 1.165) is 12.1 Å². The van der Waals surface area contributed by atoms with Gasteiger partial charge in [-0.1, -0.05) is 47.7 Å². The van der Waals surface area contributed by atoms with Crippen LogP contribution >= 0.6 is 15.9 Å². The molecule has 5 heteroatoms. The highest BCUT2D eigenvalue weighted by molar-refractivity contribution is 9.10. The maximum Gasteiger partial charge on any atom is 0.153 e. The molecule has 0 fully saturated rings. The monoisotopic (exact) mass is 330 g/mol. The molecule has 1 heterocycles. The lowest BCUT2D eigenvalue weighted by molar-refractivity contribution is 0.607. The van der Waals surface area contributed by atoms with Crippen LogP contribution in [-0.4, -0.2) is 15.0 Å². The van der Waals surface area contributed by atoms with Gasteiger partial charge in [-0.2, -0.15) is 0 Å². The summed E-state index contributed by atoms with van der Waals surface area (Å²) in [6, 6.07) is 14.5. The molecular formula is C15H15BrN4. The smallest absolute Gasteiger partial charge is 0.153 e. The SMILES string of the molecule is Cn1nnc(Br)c1C(N)Cc1cccc2ccccc12. The first-order chi connectivity index (χ1) is 9.66. The quantitative estimate of drug-likeness (QED) is 0.803. The Morgan fingerprint density at radius 2 is 1.95 bits per heavy atom. The zero-order valence-electron chi connectivity index (χ0n) is 11.1. The van der Waals surface area contributed by atoms with Crippen LogP contribution in [0.4, 0.5) is 0 Å². The third-order valence-electron chi connectivity index (χ3n) is 3.50. The first-order valence-electron chi connectivity index (χ1n) is 6.44. The van der Waals surface area contributed by atoms with Gasteiger partial charge in [0.2, 0.25) is 0 Å². The van der Waals surface area contributed by atoms with Crippen LogP contribution in [0.2, 0.25) is 0 Å². The fraction of sp³-hybridized carbons (Fsp3) is 0.200. The molecule has 1 unspecified atom stereocenters. The van der Waals surface area contributed by atoms with Crippen molar-refractivity contribution in [2.45, 2.75) is 12.5 Å². The van der Waals surface area contributed by atoms with Crippen molar-refractivity contribution in [1.82, 2.24) is 15.0 Å². The van der Waals surface area contributed by atoms with E-state index in [0.29, 0.717) is 4.60 Å². The molecule has 20 heavy (non-hydrogen) atoms. The van der Waals surface area contributed by atoms with Crippen molar-refractivity contribution in [2.75, 3.05) is 0 Å². The van der Waals surface area contributed by atoms with Gasteiger partial charge in [-0.15, -0.1) is 5.10 Å². The Bertz CT molecular complexity index is 726. The maximum absolute atomic E-state index is 6.33. The molecule has 0 aliphatic carbocycles. The Hall–Kier alpha value is -1.72. The summed E-state index contributed by atoms with van der Waals surface area (Å²) in [5, 5.41) is 10.5. The van der Waals surface area contributed by atoms with Gasteiger partial charge in [-0.25, -0.2) is 4.68 Å². The van der Waals surface area contributed by atoms with E-state index in [1.165, 1.54) is 16.3 Å². The third kappa shape index (κ3) is 2.34. The number of fused-ring (bicyclic) bond motifs is 1. The minimum atomic E-state index is -0.143. The Kier molecular flexibility index (Phi) is 3.54. The lowest BCUT2D eigenvalue weighted by Crippen LogP contribution is -2.17. The van der Waals surface area contributed by atoms with Crippen LogP contribution in [0.15, 0.2) is 47.1 Å². The van der Waals surface area contributed by atoms with Crippen molar-refractivity contribution in [2.24, 2.45) is 12.8 Å². The molecule has 0 spiro atoms. The minimum absolute atomic E-state index is 0.143. The van der Waals surface area contributed by atoms with Crippen LogP contribution in [0, 0.1) is 0 Å². The van der Waals surface area contributed by atoms with Gasteiger partial charge in [0.1, 0.15) is 0 Å². The Morgan fingerprint density at radius 1 is 1.20 bits per heavy atom. The van der Waals surface area contributed by atoms with E-state index < -0.39 is 0 Å². The highest BCUT2D eigenvalue weighted by atomic mass is 79.9. The molecule has 102 valence electrons. The molecule has 0 amide bonds. The molecule has 1 atom stereocenters. The first-order valence-corrected chi connectivity index (χ1v) is 7.23. The molecule has 1 aromatic heterocycles. The van der Waals surface area contributed by atoms with Crippen molar-refractivity contribution in [1.29, 1.82) is 0 Å². The zero-order chi connectivity index (χ0) is 14.1. The molecule has 0 saturated carbocycles. The van der Waals surface area contributed by atoms with Gasteiger partial charge in [0.05, 0.1) is 11.7 Å². The largest absolute Gasteiger partial charge is 0.322 e. The second kappa shape index (κ2) is 5.34. The van der Waals surface area contributed by atoms with Gasteiger partial charge >= 0.3 is 0 Å². The number of benzene rings is 2. The second-order valence-corrected chi connectivity index (χ2v) is 5.59. The Balaban J connectivity index is 1.97. The highest BCUT2D eigenvalue weighted by Crippen LogP contribution is 2.25. The molecule has 0 radical (unpaired) electrons. The van der Waals surface area contributed by atoms with Crippen molar-refractivity contribution in [3.8, 4) is 0 Å². The summed E-state index contributed by atoms with van der Waals surface area (Å²) < 4.78 is 2.44. The van der Waals surface area contributed by atoms with Crippen molar-refractivity contribution < 1.29 is 0 Å². The minimum Gasteiger partial charge on any atom is -0.322 e. The first kappa shape index (κ1) is 13.3. The molecule has 0 saturated heterocycles. The van der Waals surface area contributed by atoms with Gasteiger partial charge < -0.3 is 5.73 Å². The number of aromatic nitrogens is 3. The van der Waals surface area contributed by atoms with Crippen LogP contribution < -0.4 is 5.73 Å². The van der Waals surface area contributed by atoms with Crippen LogP contribution in [0.1, 0.15) is 17.3 Å². The number of nitrogens with zero attached hydrogens (tertiary/aromatic N) is 3. The van der Waals surface area contributed by atoms with E-state index in [2.05, 4.69) is 62.6 Å². The zero-order valence-corrected chi connectivity index (χ0v) is 12.7. The van der Waals surface area contributed by atoms with Gasteiger partial charge in [-0.05, 0) is 38.7 Å². The predicted molar refractivity (Wildman–Crippen MR) is 83.3 cm³/mol. The van der Waals surface area contributed by atoms with E-state index in [4.69, 9.17) is 5.73 Å². The molecular weight excluding hydrogens is 316 g/mol. The molecule has 0 aliphatic rings. The summed E-state index contributed by atoms with van der Waals surface area (Å²) in [4.78, 5) is 0. The standard InChI is InChI=1S/C15H15BrN4/c1-20-14(15(16)18-19-20)13(17)9-11-7-4-6-10-5-2-3-8-12(10)11/h2-8,13H,9,17H2,1H3. The molecule has 0 bridgehead atoms. The molecule has 2 aromatic carbocycles. The summed E-state index contributed by atoms with van der Waals surface area (Å²) in [5.41, 5.74) is 8.49. The van der Waals surface area contributed by atoms with Crippen molar-refractivity contribution >= 4 is 26.7 Å². The van der Waals surface area contributed by atoms with E-state index in [1.54, 1.807) is 4.68 Å². The Labute approximate surface area is 125 Å². The van der Waals surface area contributed by atoms with Crippen molar-refractivity contribution in [3.05, 3.63) is 58.3 Å². The van der Waals surface area contributed by atoms with E-state index in [9.17, 15) is 0 Å². The summed E-state index contributed by atoms with van der Waals surface area (Å²) in [6.07, 6.45) is 0.751. The molecule has 4 nitrogen and oxygen atoms in total. The van der Waals surface area contributed by atoms with Crippen molar-refractivity contribution in [3.63, 3.8) is 0 Å². The summed E-state index contributed by atoms with van der Waals surface area (Å²) >= 11 is 3.41.